The maximum Gasteiger partial charge on any atom is 0.0411 e. The SMILES string of the molecule is C=CC(=C)C(C)(C(=C)C=C(C)C)c1cc(C)cc(CCCCCC)c1. The molecule has 0 heterocycles. The molecule has 0 fully saturated rings. The molecule has 0 heteroatoms. The van der Waals surface area contributed by atoms with Crippen LogP contribution in [0.3, 0.4) is 0 Å². The zero-order valence-corrected chi connectivity index (χ0v) is 17.0. The van der Waals surface area contributed by atoms with E-state index in [9.17, 15) is 0 Å². The molecule has 0 aliphatic heterocycles. The molecule has 0 spiro atoms. The predicted octanol–water partition coefficient (Wildman–Crippen LogP) is 7.64. The molecular formula is C25H36. The van der Waals surface area contributed by atoms with Crippen LogP contribution in [0.2, 0.25) is 0 Å². The van der Waals surface area contributed by atoms with Crippen LogP contribution in [0.5, 0.6) is 0 Å². The van der Waals surface area contributed by atoms with Gasteiger partial charge in [-0.05, 0) is 62.8 Å². The van der Waals surface area contributed by atoms with E-state index in [1.165, 1.54) is 47.9 Å². The fourth-order valence-electron chi connectivity index (χ4n) is 3.33. The van der Waals surface area contributed by atoms with Crippen LogP contribution in [-0.4, -0.2) is 0 Å². The van der Waals surface area contributed by atoms with E-state index >= 15 is 0 Å². The van der Waals surface area contributed by atoms with Gasteiger partial charge in [-0.3, -0.25) is 0 Å². The molecular weight excluding hydrogens is 300 g/mol. The zero-order valence-electron chi connectivity index (χ0n) is 17.0. The van der Waals surface area contributed by atoms with Gasteiger partial charge >= 0.3 is 0 Å². The molecule has 0 amide bonds. The van der Waals surface area contributed by atoms with Crippen LogP contribution in [0.4, 0.5) is 0 Å². The van der Waals surface area contributed by atoms with Crippen molar-refractivity contribution in [3.8, 4) is 0 Å². The lowest BCUT2D eigenvalue weighted by atomic mass is 9.70. The summed E-state index contributed by atoms with van der Waals surface area (Å²) in [4.78, 5) is 0. The Labute approximate surface area is 156 Å². The Morgan fingerprint density at radius 3 is 2.28 bits per heavy atom. The summed E-state index contributed by atoms with van der Waals surface area (Å²) in [7, 11) is 0. The van der Waals surface area contributed by atoms with Crippen molar-refractivity contribution in [1.29, 1.82) is 0 Å². The van der Waals surface area contributed by atoms with Gasteiger partial charge in [-0.1, -0.05) is 87.4 Å². The van der Waals surface area contributed by atoms with Crippen LogP contribution in [0, 0.1) is 6.92 Å². The van der Waals surface area contributed by atoms with E-state index in [1.54, 1.807) is 0 Å². The molecule has 1 aromatic carbocycles. The maximum atomic E-state index is 4.37. The predicted molar refractivity (Wildman–Crippen MR) is 114 cm³/mol. The lowest BCUT2D eigenvalue weighted by Crippen LogP contribution is -2.25. The van der Waals surface area contributed by atoms with E-state index in [0.717, 1.165) is 17.6 Å². The Morgan fingerprint density at radius 2 is 1.72 bits per heavy atom. The Hall–Kier alpha value is -1.82. The van der Waals surface area contributed by atoms with E-state index in [0.29, 0.717) is 0 Å². The van der Waals surface area contributed by atoms with Crippen molar-refractivity contribution in [2.24, 2.45) is 0 Å². The van der Waals surface area contributed by atoms with E-state index in [1.807, 2.05) is 6.08 Å². The highest BCUT2D eigenvalue weighted by atomic mass is 14.3. The summed E-state index contributed by atoms with van der Waals surface area (Å²) >= 11 is 0. The normalized spacial score (nSPS) is 13.0. The number of hydrogen-bond acceptors (Lipinski definition) is 0. The number of hydrogen-bond donors (Lipinski definition) is 0. The second kappa shape index (κ2) is 9.61. The van der Waals surface area contributed by atoms with E-state index in [2.05, 4.69) is 78.6 Å². The van der Waals surface area contributed by atoms with Gasteiger partial charge in [0.15, 0.2) is 0 Å². The first kappa shape index (κ1) is 21.2. The molecule has 25 heavy (non-hydrogen) atoms. The van der Waals surface area contributed by atoms with Gasteiger partial charge in [0.05, 0.1) is 0 Å². The standard InChI is InChI=1S/C25H36/c1-9-11-12-13-14-23-16-20(5)17-24(18-23)25(8,21(6)10-2)22(7)15-19(3)4/h10,15-18H,2,6-7,9,11-14H2,1,3-5,8H3. The average Bonchev–Trinajstić information content (AvgIpc) is 2.56. The van der Waals surface area contributed by atoms with Crippen molar-refractivity contribution in [2.45, 2.75) is 72.1 Å². The summed E-state index contributed by atoms with van der Waals surface area (Å²) in [5.41, 5.74) is 6.99. The Bertz CT molecular complexity index is 653. The third-order valence-electron chi connectivity index (χ3n) is 5.03. The largest absolute Gasteiger partial charge is 0.0988 e. The van der Waals surface area contributed by atoms with Gasteiger partial charge in [-0.25, -0.2) is 0 Å². The molecule has 0 saturated heterocycles. The first-order chi connectivity index (χ1) is 11.7. The number of benzene rings is 1. The van der Waals surface area contributed by atoms with Crippen LogP contribution in [0.25, 0.3) is 0 Å². The summed E-state index contributed by atoms with van der Waals surface area (Å²) in [6, 6.07) is 6.93. The van der Waals surface area contributed by atoms with Crippen molar-refractivity contribution < 1.29 is 0 Å². The third kappa shape index (κ3) is 5.59. The highest BCUT2D eigenvalue weighted by molar-refractivity contribution is 5.53. The summed E-state index contributed by atoms with van der Waals surface area (Å²) in [5.74, 6) is 0. The van der Waals surface area contributed by atoms with Crippen molar-refractivity contribution in [3.05, 3.63) is 83.5 Å². The van der Waals surface area contributed by atoms with Gasteiger partial charge in [0.1, 0.15) is 0 Å². The molecule has 0 aromatic heterocycles. The third-order valence-corrected chi connectivity index (χ3v) is 5.03. The average molecular weight is 337 g/mol. The van der Waals surface area contributed by atoms with Gasteiger partial charge in [-0.2, -0.15) is 0 Å². The van der Waals surface area contributed by atoms with E-state index < -0.39 is 0 Å². The van der Waals surface area contributed by atoms with Gasteiger partial charge in [0.2, 0.25) is 0 Å². The monoisotopic (exact) mass is 336 g/mol. The molecule has 0 N–H and O–H groups in total. The smallest absolute Gasteiger partial charge is 0.0411 e. The molecule has 136 valence electrons. The quantitative estimate of drug-likeness (QED) is 0.304. The minimum absolute atomic E-state index is 0.316. The van der Waals surface area contributed by atoms with Crippen molar-refractivity contribution in [2.75, 3.05) is 0 Å². The van der Waals surface area contributed by atoms with Crippen LogP contribution >= 0.6 is 0 Å². The highest BCUT2D eigenvalue weighted by Gasteiger charge is 2.31. The van der Waals surface area contributed by atoms with Gasteiger partial charge in [0, 0.05) is 5.41 Å². The van der Waals surface area contributed by atoms with Crippen LogP contribution < -0.4 is 0 Å². The van der Waals surface area contributed by atoms with Gasteiger partial charge in [0.25, 0.3) is 0 Å². The lowest BCUT2D eigenvalue weighted by molar-refractivity contribution is 0.662. The Morgan fingerprint density at radius 1 is 1.04 bits per heavy atom. The molecule has 0 aliphatic carbocycles. The van der Waals surface area contributed by atoms with Crippen molar-refractivity contribution in [1.82, 2.24) is 0 Å². The molecule has 1 rings (SSSR count). The van der Waals surface area contributed by atoms with Crippen molar-refractivity contribution in [3.63, 3.8) is 0 Å². The molecule has 1 unspecified atom stereocenters. The summed E-state index contributed by atoms with van der Waals surface area (Å²) in [5, 5.41) is 0. The van der Waals surface area contributed by atoms with E-state index in [-0.39, 0.29) is 5.41 Å². The number of rotatable bonds is 10. The Kier molecular flexibility index (Phi) is 8.16. The molecule has 1 aromatic rings. The summed E-state index contributed by atoms with van der Waals surface area (Å²) in [6.45, 7) is 23.5. The number of unbranched alkanes of at least 4 members (excludes halogenated alkanes) is 3. The fraction of sp³-hybridized carbons (Fsp3) is 0.440. The van der Waals surface area contributed by atoms with Gasteiger partial charge in [-0.15, -0.1) is 0 Å². The molecule has 0 nitrogen and oxygen atoms in total. The molecule has 0 bridgehead atoms. The second-order valence-corrected chi connectivity index (χ2v) is 7.62. The minimum Gasteiger partial charge on any atom is -0.0988 e. The first-order valence-corrected chi connectivity index (χ1v) is 9.52. The topological polar surface area (TPSA) is 0 Å². The maximum absolute atomic E-state index is 4.37. The summed E-state index contributed by atoms with van der Waals surface area (Å²) < 4.78 is 0. The minimum atomic E-state index is -0.316. The van der Waals surface area contributed by atoms with Crippen molar-refractivity contribution >= 4 is 0 Å². The lowest BCUT2D eigenvalue weighted by Gasteiger charge is -2.33. The highest BCUT2D eigenvalue weighted by Crippen LogP contribution is 2.40. The zero-order chi connectivity index (χ0) is 19.0. The van der Waals surface area contributed by atoms with Crippen LogP contribution in [0.1, 0.15) is 70.1 Å². The molecule has 1 atom stereocenters. The van der Waals surface area contributed by atoms with Crippen LogP contribution in [0.15, 0.2) is 66.8 Å². The molecule has 0 radical (unpaired) electrons. The summed E-state index contributed by atoms with van der Waals surface area (Å²) in [6.07, 6.45) is 10.3. The van der Waals surface area contributed by atoms with E-state index in [4.69, 9.17) is 0 Å². The molecule has 0 saturated carbocycles. The number of allylic oxidation sites excluding steroid dienone is 5. The molecule has 0 aliphatic rings. The van der Waals surface area contributed by atoms with Crippen LogP contribution in [-0.2, 0) is 11.8 Å². The second-order valence-electron chi connectivity index (χ2n) is 7.62. The Balaban J connectivity index is 3.28. The fourth-order valence-corrected chi connectivity index (χ4v) is 3.33. The van der Waals surface area contributed by atoms with Gasteiger partial charge < -0.3 is 0 Å². The number of aryl methyl sites for hydroxylation is 2. The first-order valence-electron chi connectivity index (χ1n) is 9.52.